The maximum Gasteiger partial charge on any atom is 0.240 e. The Morgan fingerprint density at radius 1 is 1.29 bits per heavy atom. The summed E-state index contributed by atoms with van der Waals surface area (Å²) < 4.78 is 0. The molecule has 1 amide bonds. The minimum Gasteiger partial charge on any atom is -0.350 e. The summed E-state index contributed by atoms with van der Waals surface area (Å²) in [5, 5.41) is 6.40. The summed E-state index contributed by atoms with van der Waals surface area (Å²) in [5.74, 6) is 0.661. The molecule has 2 N–H and O–H groups in total. The van der Waals surface area contributed by atoms with Gasteiger partial charge in [-0.2, -0.15) is 0 Å². The molecule has 21 heavy (non-hydrogen) atoms. The second-order valence-corrected chi connectivity index (χ2v) is 6.29. The van der Waals surface area contributed by atoms with Crippen LogP contribution in [0.25, 0.3) is 0 Å². The molecular formula is C17H27ClN2O. The molecular weight excluding hydrogens is 284 g/mol. The molecule has 0 bridgehead atoms. The van der Waals surface area contributed by atoms with Crippen molar-refractivity contribution in [3.8, 4) is 0 Å². The number of carbonyl (C=O) groups is 1. The predicted molar refractivity (Wildman–Crippen MR) is 89.9 cm³/mol. The molecule has 1 aliphatic heterocycles. The van der Waals surface area contributed by atoms with Gasteiger partial charge < -0.3 is 10.6 Å². The summed E-state index contributed by atoms with van der Waals surface area (Å²) in [4.78, 5) is 12.3. The Bertz CT molecular complexity index is 450. The predicted octanol–water partition coefficient (Wildman–Crippen LogP) is 3.38. The maximum atomic E-state index is 12.3. The fourth-order valence-corrected chi connectivity index (χ4v) is 2.65. The molecule has 1 aromatic rings. The van der Waals surface area contributed by atoms with Crippen LogP contribution in [0.15, 0.2) is 24.3 Å². The lowest BCUT2D eigenvalue weighted by Gasteiger charge is -2.33. The lowest BCUT2D eigenvalue weighted by Crippen LogP contribution is -2.56. The van der Waals surface area contributed by atoms with E-state index >= 15 is 0 Å². The first-order valence-corrected chi connectivity index (χ1v) is 7.63. The van der Waals surface area contributed by atoms with Gasteiger partial charge in [-0.1, -0.05) is 38.1 Å². The van der Waals surface area contributed by atoms with E-state index in [0.717, 1.165) is 24.9 Å². The zero-order valence-electron chi connectivity index (χ0n) is 13.2. The molecule has 1 fully saturated rings. The Labute approximate surface area is 134 Å². The number of halogens is 1. The van der Waals surface area contributed by atoms with Crippen LogP contribution in [0.2, 0.25) is 0 Å². The number of rotatable bonds is 4. The number of piperidine rings is 1. The summed E-state index contributed by atoms with van der Waals surface area (Å²) in [7, 11) is 0. The molecule has 0 aliphatic carbocycles. The first-order chi connectivity index (χ1) is 9.51. The van der Waals surface area contributed by atoms with Gasteiger partial charge in [0, 0.05) is 6.54 Å². The maximum absolute atomic E-state index is 12.3. The number of benzene rings is 1. The van der Waals surface area contributed by atoms with Gasteiger partial charge in [-0.15, -0.1) is 12.4 Å². The number of hydrogen-bond donors (Lipinski definition) is 2. The second kappa shape index (κ2) is 7.81. The Morgan fingerprint density at radius 2 is 1.95 bits per heavy atom. The highest BCUT2D eigenvalue weighted by Crippen LogP contribution is 2.19. The van der Waals surface area contributed by atoms with Crippen LogP contribution in [-0.4, -0.2) is 18.0 Å². The molecule has 0 radical (unpaired) electrons. The van der Waals surface area contributed by atoms with Crippen molar-refractivity contribution in [3.63, 3.8) is 0 Å². The van der Waals surface area contributed by atoms with E-state index in [4.69, 9.17) is 0 Å². The van der Waals surface area contributed by atoms with Crippen molar-refractivity contribution in [2.45, 2.75) is 58.0 Å². The average molecular weight is 311 g/mol. The quantitative estimate of drug-likeness (QED) is 0.895. The van der Waals surface area contributed by atoms with Crippen molar-refractivity contribution < 1.29 is 4.79 Å². The van der Waals surface area contributed by atoms with E-state index in [-0.39, 0.29) is 18.3 Å². The number of amides is 1. The van der Waals surface area contributed by atoms with Gasteiger partial charge in [0.05, 0.1) is 5.54 Å². The van der Waals surface area contributed by atoms with Crippen LogP contribution in [0.5, 0.6) is 0 Å². The standard InChI is InChI=1S/C17H26N2O.ClH/c1-13(2)15-8-6-14(7-9-15)12-18-16(20)17(3)10-4-5-11-19-17;/h6-9,13,19H,4-5,10-12H2,1-3H3,(H,18,20);1H. The minimum absolute atomic E-state index is 0. The number of hydrogen-bond acceptors (Lipinski definition) is 2. The molecule has 1 saturated heterocycles. The summed E-state index contributed by atoms with van der Waals surface area (Å²) >= 11 is 0. The lowest BCUT2D eigenvalue weighted by atomic mass is 9.90. The van der Waals surface area contributed by atoms with Crippen LogP contribution < -0.4 is 10.6 Å². The normalized spacial score (nSPS) is 21.7. The smallest absolute Gasteiger partial charge is 0.240 e. The molecule has 118 valence electrons. The third-order valence-electron chi connectivity index (χ3n) is 4.22. The van der Waals surface area contributed by atoms with Crippen LogP contribution >= 0.6 is 12.4 Å². The second-order valence-electron chi connectivity index (χ2n) is 6.29. The van der Waals surface area contributed by atoms with Crippen LogP contribution in [0, 0.1) is 0 Å². The zero-order valence-corrected chi connectivity index (χ0v) is 14.1. The first-order valence-electron chi connectivity index (χ1n) is 7.63. The van der Waals surface area contributed by atoms with Gasteiger partial charge in [-0.25, -0.2) is 0 Å². The molecule has 3 nitrogen and oxygen atoms in total. The summed E-state index contributed by atoms with van der Waals surface area (Å²) in [6, 6.07) is 8.50. The third kappa shape index (κ3) is 4.72. The van der Waals surface area contributed by atoms with Crippen molar-refractivity contribution in [2.75, 3.05) is 6.54 Å². The van der Waals surface area contributed by atoms with Gasteiger partial charge in [0.2, 0.25) is 5.91 Å². The molecule has 0 saturated carbocycles. The van der Waals surface area contributed by atoms with Crippen molar-refractivity contribution >= 4 is 18.3 Å². The van der Waals surface area contributed by atoms with Gasteiger partial charge in [0.1, 0.15) is 0 Å². The van der Waals surface area contributed by atoms with E-state index in [1.54, 1.807) is 0 Å². The Balaban J connectivity index is 0.00000220. The van der Waals surface area contributed by atoms with Gasteiger partial charge in [-0.05, 0) is 49.8 Å². The number of nitrogens with one attached hydrogen (secondary N) is 2. The summed E-state index contributed by atoms with van der Waals surface area (Å²) in [6.45, 7) is 7.92. The van der Waals surface area contributed by atoms with E-state index in [0.29, 0.717) is 12.5 Å². The van der Waals surface area contributed by atoms with Crippen molar-refractivity contribution in [2.24, 2.45) is 0 Å². The molecule has 1 heterocycles. The van der Waals surface area contributed by atoms with E-state index in [9.17, 15) is 4.79 Å². The minimum atomic E-state index is -0.393. The average Bonchev–Trinajstić information content (AvgIpc) is 2.46. The monoisotopic (exact) mass is 310 g/mol. The van der Waals surface area contributed by atoms with Gasteiger partial charge >= 0.3 is 0 Å². The van der Waals surface area contributed by atoms with Crippen molar-refractivity contribution in [1.82, 2.24) is 10.6 Å². The van der Waals surface area contributed by atoms with Gasteiger partial charge in [-0.3, -0.25) is 4.79 Å². The summed E-state index contributed by atoms with van der Waals surface area (Å²) in [5.41, 5.74) is 2.10. The Hall–Kier alpha value is -1.06. The Morgan fingerprint density at radius 3 is 2.48 bits per heavy atom. The molecule has 0 aromatic heterocycles. The van der Waals surface area contributed by atoms with Crippen LogP contribution in [0.1, 0.15) is 57.1 Å². The molecule has 1 unspecified atom stereocenters. The van der Waals surface area contributed by atoms with Crippen molar-refractivity contribution in [3.05, 3.63) is 35.4 Å². The van der Waals surface area contributed by atoms with Crippen LogP contribution in [0.4, 0.5) is 0 Å². The Kier molecular flexibility index (Phi) is 6.69. The molecule has 2 rings (SSSR count). The summed E-state index contributed by atoms with van der Waals surface area (Å²) in [6.07, 6.45) is 3.21. The van der Waals surface area contributed by atoms with Crippen molar-refractivity contribution in [1.29, 1.82) is 0 Å². The largest absolute Gasteiger partial charge is 0.350 e. The topological polar surface area (TPSA) is 41.1 Å². The first kappa shape index (κ1) is 18.0. The highest BCUT2D eigenvalue weighted by Gasteiger charge is 2.33. The lowest BCUT2D eigenvalue weighted by molar-refractivity contribution is -0.128. The van der Waals surface area contributed by atoms with E-state index in [2.05, 4.69) is 48.7 Å². The molecule has 4 heteroatoms. The van der Waals surface area contributed by atoms with Crippen LogP contribution in [0.3, 0.4) is 0 Å². The molecule has 0 spiro atoms. The third-order valence-corrected chi connectivity index (χ3v) is 4.22. The van der Waals surface area contributed by atoms with Crippen LogP contribution in [-0.2, 0) is 11.3 Å². The van der Waals surface area contributed by atoms with Gasteiger partial charge in [0.15, 0.2) is 0 Å². The fraction of sp³-hybridized carbons (Fsp3) is 0.588. The molecule has 1 aromatic carbocycles. The van der Waals surface area contributed by atoms with E-state index in [1.807, 2.05) is 6.92 Å². The number of carbonyl (C=O) groups excluding carboxylic acids is 1. The zero-order chi connectivity index (χ0) is 14.6. The highest BCUT2D eigenvalue weighted by molar-refractivity contribution is 5.86. The van der Waals surface area contributed by atoms with Gasteiger partial charge in [0.25, 0.3) is 0 Å². The highest BCUT2D eigenvalue weighted by atomic mass is 35.5. The molecule has 1 atom stereocenters. The fourth-order valence-electron chi connectivity index (χ4n) is 2.65. The molecule has 1 aliphatic rings. The van der Waals surface area contributed by atoms with E-state index in [1.165, 1.54) is 12.0 Å². The SMILES string of the molecule is CC(C)c1ccc(CNC(=O)C2(C)CCCCN2)cc1.Cl. The van der Waals surface area contributed by atoms with E-state index < -0.39 is 5.54 Å².